The molecule has 21 heavy (non-hydrogen) atoms. The molecule has 0 aromatic heterocycles. The molecule has 0 heterocycles. The van der Waals surface area contributed by atoms with Gasteiger partial charge in [-0.15, -0.1) is 0 Å². The summed E-state index contributed by atoms with van der Waals surface area (Å²) >= 11 is 0. The number of carboxylic acid groups (broad SMARTS) is 2. The monoisotopic (exact) mass is 321 g/mol. The van der Waals surface area contributed by atoms with E-state index in [1.165, 1.54) is 12.2 Å². The summed E-state index contributed by atoms with van der Waals surface area (Å²) in [6.45, 7) is 0. The largest absolute Gasteiger partial charge is 0.481 e. The highest BCUT2D eigenvalue weighted by molar-refractivity contribution is 7.55. The Labute approximate surface area is 119 Å². The van der Waals surface area contributed by atoms with E-state index in [9.17, 15) is 33.8 Å². The highest BCUT2D eigenvalue weighted by Gasteiger charge is 2.59. The number of amides is 1. The summed E-state index contributed by atoms with van der Waals surface area (Å²) in [7, 11) is -5.06. The number of carbonyl (C=O) groups is 3. The summed E-state index contributed by atoms with van der Waals surface area (Å²) in [5, 5.41) is 17.5. The molecule has 0 bridgehead atoms. The number of aliphatic carboxylic acids is 2. The van der Waals surface area contributed by atoms with Crippen molar-refractivity contribution in [2.45, 2.75) is 36.9 Å². The van der Waals surface area contributed by atoms with Crippen LogP contribution < -0.4 is 5.32 Å². The van der Waals surface area contributed by atoms with Crippen LogP contribution in [-0.4, -0.2) is 49.0 Å². The van der Waals surface area contributed by atoms with E-state index in [0.29, 0.717) is 0 Å². The van der Waals surface area contributed by atoms with Crippen molar-refractivity contribution in [3.8, 4) is 0 Å². The van der Waals surface area contributed by atoms with E-state index in [-0.39, 0.29) is 12.8 Å². The molecule has 0 saturated carbocycles. The number of carboxylic acids is 2. The maximum absolute atomic E-state index is 11.6. The van der Waals surface area contributed by atoms with Crippen molar-refractivity contribution >= 4 is 25.4 Å². The summed E-state index contributed by atoms with van der Waals surface area (Å²) in [6, 6.07) is -1.40. The number of allylic oxidation sites excluding steroid dienone is 1. The Kier molecular flexibility index (Phi) is 5.27. The van der Waals surface area contributed by atoms with Gasteiger partial charge in [0.2, 0.25) is 5.91 Å². The maximum atomic E-state index is 11.6. The van der Waals surface area contributed by atoms with Gasteiger partial charge in [0.25, 0.3) is 0 Å². The Balaban J connectivity index is 3.00. The van der Waals surface area contributed by atoms with Crippen LogP contribution in [0.15, 0.2) is 12.2 Å². The molecular formula is C11H16NO8P. The maximum Gasteiger partial charge on any atom is 0.345 e. The molecule has 2 atom stereocenters. The lowest BCUT2D eigenvalue weighted by atomic mass is 9.88. The molecule has 1 aliphatic rings. The lowest BCUT2D eigenvalue weighted by molar-refractivity contribution is -0.142. The molecule has 1 aliphatic carbocycles. The van der Waals surface area contributed by atoms with Gasteiger partial charge < -0.3 is 25.3 Å². The fourth-order valence-corrected chi connectivity index (χ4v) is 3.36. The van der Waals surface area contributed by atoms with Gasteiger partial charge in [-0.1, -0.05) is 12.2 Å². The zero-order valence-electron chi connectivity index (χ0n) is 10.9. The second-order valence-electron chi connectivity index (χ2n) is 4.68. The third-order valence-electron chi connectivity index (χ3n) is 3.31. The van der Waals surface area contributed by atoms with Crippen LogP contribution in [0.4, 0.5) is 0 Å². The normalized spacial score (nSPS) is 25.3. The molecule has 0 radical (unpaired) electrons. The van der Waals surface area contributed by atoms with Crippen molar-refractivity contribution in [3.05, 3.63) is 12.2 Å². The summed E-state index contributed by atoms with van der Waals surface area (Å²) in [6.07, 6.45) is 1.69. The fourth-order valence-electron chi connectivity index (χ4n) is 2.18. The Morgan fingerprint density at radius 2 is 1.86 bits per heavy atom. The molecule has 0 aromatic rings. The van der Waals surface area contributed by atoms with Gasteiger partial charge in [-0.3, -0.25) is 18.9 Å². The highest BCUT2D eigenvalue weighted by Crippen LogP contribution is 2.56. The van der Waals surface area contributed by atoms with Crippen LogP contribution in [0, 0.1) is 0 Å². The predicted molar refractivity (Wildman–Crippen MR) is 69.6 cm³/mol. The first-order valence-electron chi connectivity index (χ1n) is 6.08. The van der Waals surface area contributed by atoms with Gasteiger partial charge in [0.1, 0.15) is 0 Å². The van der Waals surface area contributed by atoms with Gasteiger partial charge >= 0.3 is 19.5 Å². The molecule has 1 rings (SSSR count). The van der Waals surface area contributed by atoms with Crippen molar-refractivity contribution < 1.29 is 38.9 Å². The molecule has 0 unspecified atom stereocenters. The summed E-state index contributed by atoms with van der Waals surface area (Å²) in [5.74, 6) is -3.69. The SMILES string of the molecule is O=C(O)CCC(=O)N[C@H]1C=CCC[C@@]1(C(=O)O)P(=O)(O)O. The van der Waals surface area contributed by atoms with E-state index in [2.05, 4.69) is 5.32 Å². The third kappa shape index (κ3) is 3.69. The average Bonchev–Trinajstić information content (AvgIpc) is 2.35. The van der Waals surface area contributed by atoms with Gasteiger partial charge in [0.05, 0.1) is 12.5 Å². The van der Waals surface area contributed by atoms with Crippen LogP contribution in [-0.2, 0) is 18.9 Å². The second kappa shape index (κ2) is 6.38. The Hall–Kier alpha value is -1.70. The smallest absolute Gasteiger partial charge is 0.345 e. The van der Waals surface area contributed by atoms with E-state index in [4.69, 9.17) is 5.11 Å². The summed E-state index contributed by atoms with van der Waals surface area (Å²) < 4.78 is 11.6. The van der Waals surface area contributed by atoms with E-state index in [1.54, 1.807) is 0 Å². The molecule has 0 aromatic carbocycles. The zero-order valence-corrected chi connectivity index (χ0v) is 11.8. The number of hydrogen-bond donors (Lipinski definition) is 5. The molecule has 0 spiro atoms. The first kappa shape index (κ1) is 17.4. The molecule has 0 aliphatic heterocycles. The molecule has 0 saturated heterocycles. The Morgan fingerprint density at radius 3 is 2.33 bits per heavy atom. The predicted octanol–water partition coefficient (Wildman–Crippen LogP) is -0.313. The van der Waals surface area contributed by atoms with Crippen LogP contribution >= 0.6 is 7.60 Å². The standard InChI is InChI=1S/C11H16NO8P/c13-8(4-5-9(14)15)12-7-3-1-2-6-11(7,10(16)17)21(18,19)20/h1,3,7H,2,4-6H2,(H,12,13)(H,14,15)(H,16,17)(H2,18,19,20)/t7-,11+/m0/s1. The minimum absolute atomic E-state index is 0.152. The first-order valence-corrected chi connectivity index (χ1v) is 7.69. The lowest BCUT2D eigenvalue weighted by Crippen LogP contribution is -2.57. The minimum Gasteiger partial charge on any atom is -0.481 e. The Morgan fingerprint density at radius 1 is 1.24 bits per heavy atom. The van der Waals surface area contributed by atoms with Crippen molar-refractivity contribution in [3.63, 3.8) is 0 Å². The first-order chi connectivity index (χ1) is 9.61. The fraction of sp³-hybridized carbons (Fsp3) is 0.545. The van der Waals surface area contributed by atoms with Gasteiger partial charge in [-0.2, -0.15) is 0 Å². The summed E-state index contributed by atoms with van der Waals surface area (Å²) in [5.41, 5.74) is 0. The number of nitrogens with one attached hydrogen (secondary N) is 1. The minimum atomic E-state index is -5.06. The van der Waals surface area contributed by atoms with E-state index in [0.717, 1.165) is 0 Å². The number of carbonyl (C=O) groups excluding carboxylic acids is 1. The molecule has 10 heteroatoms. The average molecular weight is 321 g/mol. The van der Waals surface area contributed by atoms with Crippen LogP contribution in [0.25, 0.3) is 0 Å². The number of hydrogen-bond acceptors (Lipinski definition) is 4. The van der Waals surface area contributed by atoms with E-state index >= 15 is 0 Å². The third-order valence-corrected chi connectivity index (χ3v) is 5.04. The van der Waals surface area contributed by atoms with E-state index in [1.807, 2.05) is 0 Å². The van der Waals surface area contributed by atoms with Crippen molar-refractivity contribution in [1.82, 2.24) is 5.32 Å². The van der Waals surface area contributed by atoms with Crippen LogP contribution in [0.3, 0.4) is 0 Å². The van der Waals surface area contributed by atoms with Crippen molar-refractivity contribution in [2.75, 3.05) is 0 Å². The van der Waals surface area contributed by atoms with E-state index < -0.39 is 49.5 Å². The highest BCUT2D eigenvalue weighted by atomic mass is 31.2. The van der Waals surface area contributed by atoms with Gasteiger partial charge in [-0.25, -0.2) is 0 Å². The molecule has 5 N–H and O–H groups in total. The Bertz CT molecular complexity index is 524. The molecule has 9 nitrogen and oxygen atoms in total. The molecule has 0 fully saturated rings. The lowest BCUT2D eigenvalue weighted by Gasteiger charge is -2.38. The topological polar surface area (TPSA) is 161 Å². The number of rotatable bonds is 6. The molecule has 1 amide bonds. The van der Waals surface area contributed by atoms with Crippen LogP contribution in [0.2, 0.25) is 0 Å². The van der Waals surface area contributed by atoms with Crippen LogP contribution in [0.1, 0.15) is 25.7 Å². The van der Waals surface area contributed by atoms with Crippen molar-refractivity contribution in [2.24, 2.45) is 0 Å². The molecule has 118 valence electrons. The van der Waals surface area contributed by atoms with Gasteiger partial charge in [0, 0.05) is 6.42 Å². The zero-order chi connectivity index (χ0) is 16.3. The van der Waals surface area contributed by atoms with Crippen molar-refractivity contribution in [1.29, 1.82) is 0 Å². The van der Waals surface area contributed by atoms with Gasteiger partial charge in [0.15, 0.2) is 5.16 Å². The van der Waals surface area contributed by atoms with Crippen LogP contribution in [0.5, 0.6) is 0 Å². The quantitative estimate of drug-likeness (QED) is 0.328. The molecular weight excluding hydrogens is 305 g/mol. The van der Waals surface area contributed by atoms with Gasteiger partial charge in [-0.05, 0) is 12.8 Å². The summed E-state index contributed by atoms with van der Waals surface area (Å²) in [4.78, 5) is 52.2. The second-order valence-corrected chi connectivity index (χ2v) is 6.57.